The van der Waals surface area contributed by atoms with Crippen LogP contribution in [-0.4, -0.2) is 17.8 Å². The SMILES string of the molecule is COc1ccccc1-c1nc2ccc3ccccc3c2c2c1SCC2. The Balaban J connectivity index is 1.90. The topological polar surface area (TPSA) is 22.1 Å². The highest BCUT2D eigenvalue weighted by atomic mass is 32.2. The van der Waals surface area contributed by atoms with Gasteiger partial charge in [0, 0.05) is 21.6 Å². The van der Waals surface area contributed by atoms with Gasteiger partial charge in [0.2, 0.25) is 0 Å². The summed E-state index contributed by atoms with van der Waals surface area (Å²) in [7, 11) is 1.72. The molecular formula is C22H17NOS. The quantitative estimate of drug-likeness (QED) is 0.435. The number of para-hydroxylation sites is 1. The Bertz CT molecular complexity index is 1120. The molecule has 4 aromatic rings. The second-order valence-corrected chi connectivity index (χ2v) is 7.35. The van der Waals surface area contributed by atoms with E-state index in [0.717, 1.165) is 34.7 Å². The van der Waals surface area contributed by atoms with Crippen molar-refractivity contribution in [3.05, 3.63) is 66.2 Å². The van der Waals surface area contributed by atoms with Gasteiger partial charge in [-0.05, 0) is 41.0 Å². The standard InChI is InChI=1S/C22H17NOS/c1-24-19-9-5-4-8-16(19)21-22-17(12-13-25-22)20-15-7-3-2-6-14(15)10-11-18(20)23-21/h2-11H,12-13H2,1H3. The third-order valence-electron chi connectivity index (χ3n) is 4.89. The average Bonchev–Trinajstić information content (AvgIpc) is 3.16. The minimum atomic E-state index is 0.879. The molecule has 0 saturated carbocycles. The van der Waals surface area contributed by atoms with Gasteiger partial charge in [-0.1, -0.05) is 42.5 Å². The van der Waals surface area contributed by atoms with Crippen LogP contribution in [0.3, 0.4) is 0 Å². The Morgan fingerprint density at radius 2 is 1.80 bits per heavy atom. The molecule has 1 aromatic heterocycles. The number of aromatic nitrogens is 1. The maximum Gasteiger partial charge on any atom is 0.128 e. The van der Waals surface area contributed by atoms with Gasteiger partial charge in [0.25, 0.3) is 0 Å². The molecule has 0 spiro atoms. The predicted molar refractivity (Wildman–Crippen MR) is 106 cm³/mol. The second-order valence-electron chi connectivity index (χ2n) is 6.25. The normalized spacial score (nSPS) is 13.3. The number of methoxy groups -OCH3 is 1. The minimum Gasteiger partial charge on any atom is -0.496 e. The molecule has 0 N–H and O–H groups in total. The highest BCUT2D eigenvalue weighted by Gasteiger charge is 2.23. The molecule has 1 aliphatic rings. The van der Waals surface area contributed by atoms with Crippen molar-refractivity contribution in [1.29, 1.82) is 0 Å². The van der Waals surface area contributed by atoms with Crippen molar-refractivity contribution in [2.45, 2.75) is 11.3 Å². The zero-order valence-corrected chi connectivity index (χ0v) is 14.8. The van der Waals surface area contributed by atoms with Crippen molar-refractivity contribution in [3.63, 3.8) is 0 Å². The molecule has 0 amide bonds. The first-order chi connectivity index (χ1) is 12.4. The van der Waals surface area contributed by atoms with Crippen molar-refractivity contribution in [1.82, 2.24) is 4.98 Å². The van der Waals surface area contributed by atoms with Gasteiger partial charge >= 0.3 is 0 Å². The average molecular weight is 343 g/mol. The van der Waals surface area contributed by atoms with E-state index in [1.165, 1.54) is 26.6 Å². The molecule has 0 bridgehead atoms. The number of thioether (sulfide) groups is 1. The van der Waals surface area contributed by atoms with Gasteiger partial charge in [-0.2, -0.15) is 0 Å². The summed E-state index contributed by atoms with van der Waals surface area (Å²) in [5.41, 5.74) is 4.64. The fourth-order valence-corrected chi connectivity index (χ4v) is 4.95. The van der Waals surface area contributed by atoms with Gasteiger partial charge < -0.3 is 4.74 Å². The Labute approximate surface area is 150 Å². The Hall–Kier alpha value is -2.52. The van der Waals surface area contributed by atoms with Crippen LogP contribution >= 0.6 is 11.8 Å². The molecule has 0 atom stereocenters. The maximum absolute atomic E-state index is 5.59. The highest BCUT2D eigenvalue weighted by Crippen LogP contribution is 2.45. The lowest BCUT2D eigenvalue weighted by Gasteiger charge is -2.14. The summed E-state index contributed by atoms with van der Waals surface area (Å²) < 4.78 is 5.59. The fraction of sp³-hybridized carbons (Fsp3) is 0.136. The van der Waals surface area contributed by atoms with Gasteiger partial charge in [-0.3, -0.25) is 0 Å². The highest BCUT2D eigenvalue weighted by molar-refractivity contribution is 7.99. The first kappa shape index (κ1) is 14.8. The number of aryl methyl sites for hydroxylation is 1. The summed E-state index contributed by atoms with van der Waals surface area (Å²) in [6.45, 7) is 0. The van der Waals surface area contributed by atoms with Crippen LogP contribution < -0.4 is 4.74 Å². The molecule has 0 radical (unpaired) electrons. The monoisotopic (exact) mass is 343 g/mol. The van der Waals surface area contributed by atoms with E-state index >= 15 is 0 Å². The van der Waals surface area contributed by atoms with Crippen molar-refractivity contribution in [3.8, 4) is 17.0 Å². The van der Waals surface area contributed by atoms with Crippen molar-refractivity contribution >= 4 is 33.4 Å². The molecule has 5 rings (SSSR count). The first-order valence-corrected chi connectivity index (χ1v) is 9.46. The van der Waals surface area contributed by atoms with Crippen LogP contribution in [0.25, 0.3) is 32.9 Å². The molecule has 122 valence electrons. The van der Waals surface area contributed by atoms with E-state index in [1.54, 1.807) is 7.11 Å². The molecule has 3 heteroatoms. The fourth-order valence-electron chi connectivity index (χ4n) is 3.77. The summed E-state index contributed by atoms with van der Waals surface area (Å²) in [5.74, 6) is 1.99. The van der Waals surface area contributed by atoms with Crippen molar-refractivity contribution in [2.75, 3.05) is 12.9 Å². The van der Waals surface area contributed by atoms with Crippen LogP contribution in [0.5, 0.6) is 5.75 Å². The summed E-state index contributed by atoms with van der Waals surface area (Å²) in [6, 6.07) is 21.1. The molecule has 0 fully saturated rings. The number of ether oxygens (including phenoxy) is 1. The number of pyridine rings is 1. The van der Waals surface area contributed by atoms with Crippen LogP contribution in [0.15, 0.2) is 65.6 Å². The van der Waals surface area contributed by atoms with Crippen molar-refractivity contribution < 1.29 is 4.74 Å². The molecule has 0 aliphatic carbocycles. The van der Waals surface area contributed by atoms with E-state index in [0.29, 0.717) is 0 Å². The smallest absolute Gasteiger partial charge is 0.128 e. The molecule has 2 heterocycles. The largest absolute Gasteiger partial charge is 0.496 e. The minimum absolute atomic E-state index is 0.879. The van der Waals surface area contributed by atoms with Crippen LogP contribution in [0.2, 0.25) is 0 Å². The van der Waals surface area contributed by atoms with Crippen LogP contribution in [0.4, 0.5) is 0 Å². The number of rotatable bonds is 2. The van der Waals surface area contributed by atoms with E-state index in [4.69, 9.17) is 9.72 Å². The Morgan fingerprint density at radius 1 is 0.960 bits per heavy atom. The number of fused-ring (bicyclic) bond motifs is 5. The summed E-state index contributed by atoms with van der Waals surface area (Å²) in [5, 5.41) is 3.90. The Morgan fingerprint density at radius 3 is 2.72 bits per heavy atom. The second kappa shape index (κ2) is 5.78. The van der Waals surface area contributed by atoms with E-state index in [2.05, 4.69) is 48.5 Å². The number of nitrogens with zero attached hydrogens (tertiary/aromatic N) is 1. The molecule has 25 heavy (non-hydrogen) atoms. The third kappa shape index (κ3) is 2.23. The third-order valence-corrected chi connectivity index (χ3v) is 6.03. The van der Waals surface area contributed by atoms with Gasteiger partial charge in [0.15, 0.2) is 0 Å². The predicted octanol–water partition coefficient (Wildman–Crippen LogP) is 5.71. The van der Waals surface area contributed by atoms with E-state index in [-0.39, 0.29) is 0 Å². The molecule has 0 unspecified atom stereocenters. The summed E-state index contributed by atoms with van der Waals surface area (Å²) >= 11 is 1.91. The first-order valence-electron chi connectivity index (χ1n) is 8.47. The van der Waals surface area contributed by atoms with Crippen LogP contribution in [-0.2, 0) is 6.42 Å². The van der Waals surface area contributed by atoms with Crippen LogP contribution in [0.1, 0.15) is 5.56 Å². The summed E-state index contributed by atoms with van der Waals surface area (Å²) in [4.78, 5) is 6.39. The number of hydrogen-bond acceptors (Lipinski definition) is 3. The Kier molecular flexibility index (Phi) is 3.42. The van der Waals surface area contributed by atoms with Crippen molar-refractivity contribution in [2.24, 2.45) is 0 Å². The lowest BCUT2D eigenvalue weighted by molar-refractivity contribution is 0.416. The zero-order valence-electron chi connectivity index (χ0n) is 14.0. The molecule has 3 aromatic carbocycles. The molecule has 0 saturated heterocycles. The molecular weight excluding hydrogens is 326 g/mol. The molecule has 1 aliphatic heterocycles. The van der Waals surface area contributed by atoms with E-state index < -0.39 is 0 Å². The van der Waals surface area contributed by atoms with Gasteiger partial charge in [0.1, 0.15) is 5.75 Å². The number of benzene rings is 3. The van der Waals surface area contributed by atoms with Gasteiger partial charge in [0.05, 0.1) is 18.3 Å². The number of hydrogen-bond donors (Lipinski definition) is 0. The summed E-state index contributed by atoms with van der Waals surface area (Å²) in [6.07, 6.45) is 1.09. The van der Waals surface area contributed by atoms with Gasteiger partial charge in [-0.15, -0.1) is 11.8 Å². The van der Waals surface area contributed by atoms with Crippen LogP contribution in [0, 0.1) is 0 Å². The lowest BCUT2D eigenvalue weighted by Crippen LogP contribution is -1.96. The van der Waals surface area contributed by atoms with E-state index in [1.807, 2.05) is 23.9 Å². The maximum atomic E-state index is 5.59. The zero-order chi connectivity index (χ0) is 16.8. The molecule has 2 nitrogen and oxygen atoms in total. The van der Waals surface area contributed by atoms with Gasteiger partial charge in [-0.25, -0.2) is 4.98 Å². The van der Waals surface area contributed by atoms with E-state index in [9.17, 15) is 0 Å². The lowest BCUT2D eigenvalue weighted by atomic mass is 9.97.